The van der Waals surface area contributed by atoms with Crippen LogP contribution in [0.1, 0.15) is 60.0 Å². The summed E-state index contributed by atoms with van der Waals surface area (Å²) in [7, 11) is 0. The van der Waals surface area contributed by atoms with Crippen LogP contribution in [-0.2, 0) is 11.8 Å². The molecule has 2 nitrogen and oxygen atoms in total. The predicted molar refractivity (Wildman–Crippen MR) is 130 cm³/mol. The molecule has 4 aliphatic carbocycles. The van der Waals surface area contributed by atoms with E-state index in [0.717, 1.165) is 34.9 Å². The van der Waals surface area contributed by atoms with E-state index < -0.39 is 5.97 Å². The highest BCUT2D eigenvalue weighted by molar-refractivity contribution is 5.95. The number of allylic oxidation sites excluding steroid dienone is 1. The van der Waals surface area contributed by atoms with Crippen molar-refractivity contribution in [2.75, 3.05) is 0 Å². The molecule has 32 heavy (non-hydrogen) atoms. The second-order valence-corrected chi connectivity index (χ2v) is 10.6. The first-order valence-electron chi connectivity index (χ1n) is 12.0. The summed E-state index contributed by atoms with van der Waals surface area (Å²) in [5, 5.41) is 11.3. The number of benzene rings is 3. The molecule has 0 unspecified atom stereocenters. The first-order valence-corrected chi connectivity index (χ1v) is 12.0. The van der Waals surface area contributed by atoms with Gasteiger partial charge in [0.1, 0.15) is 0 Å². The molecule has 3 aromatic carbocycles. The van der Waals surface area contributed by atoms with Gasteiger partial charge in [0, 0.05) is 0 Å². The lowest BCUT2D eigenvalue weighted by Gasteiger charge is -2.57. The Hall–Kier alpha value is -2.87. The van der Waals surface area contributed by atoms with E-state index in [1.807, 2.05) is 6.07 Å². The normalized spacial score (nSPS) is 28.2. The third-order valence-corrected chi connectivity index (χ3v) is 8.50. The van der Waals surface area contributed by atoms with Crippen LogP contribution in [0.3, 0.4) is 0 Å². The minimum Gasteiger partial charge on any atom is -0.478 e. The highest BCUT2D eigenvalue weighted by Crippen LogP contribution is 2.61. The van der Waals surface area contributed by atoms with Gasteiger partial charge in [0.05, 0.1) is 5.56 Å². The van der Waals surface area contributed by atoms with E-state index in [4.69, 9.17) is 0 Å². The molecule has 4 saturated carbocycles. The van der Waals surface area contributed by atoms with Gasteiger partial charge >= 0.3 is 5.97 Å². The summed E-state index contributed by atoms with van der Waals surface area (Å²) >= 11 is 0. The number of carboxylic acids is 1. The topological polar surface area (TPSA) is 37.3 Å². The van der Waals surface area contributed by atoms with E-state index in [-0.39, 0.29) is 0 Å². The molecule has 0 aromatic heterocycles. The number of rotatable bonds is 5. The van der Waals surface area contributed by atoms with Gasteiger partial charge in [0.2, 0.25) is 0 Å². The molecule has 0 heterocycles. The molecule has 1 N–H and O–H groups in total. The molecule has 0 spiro atoms. The lowest BCUT2D eigenvalue weighted by atomic mass is 9.47. The standard InChI is InChI=1S/C30H30O2/c1-2-3-22-4-5-26(24-6-7-25-14-27(29(31)32)9-8-23(25)13-24)15-28(22)30-16-19-10-20(17-30)12-21(11-19)18-30/h2,4-9,13-15,19-21H,1,3,10-12,16-18H2,(H,31,32). The maximum absolute atomic E-state index is 11.3. The minimum absolute atomic E-state index is 0.336. The third kappa shape index (κ3) is 3.20. The number of fused-ring (bicyclic) bond motifs is 1. The van der Waals surface area contributed by atoms with Crippen molar-refractivity contribution in [1.29, 1.82) is 0 Å². The molecule has 0 atom stereocenters. The van der Waals surface area contributed by atoms with Crippen LogP contribution in [0.2, 0.25) is 0 Å². The zero-order chi connectivity index (χ0) is 21.9. The zero-order valence-corrected chi connectivity index (χ0v) is 18.5. The number of carboxylic acid groups (broad SMARTS) is 1. The van der Waals surface area contributed by atoms with Crippen LogP contribution in [0.5, 0.6) is 0 Å². The first kappa shape index (κ1) is 19.8. The van der Waals surface area contributed by atoms with Crippen molar-refractivity contribution in [3.63, 3.8) is 0 Å². The Balaban J connectivity index is 1.44. The van der Waals surface area contributed by atoms with Crippen LogP contribution in [0.25, 0.3) is 21.9 Å². The Morgan fingerprint density at radius 3 is 2.12 bits per heavy atom. The smallest absolute Gasteiger partial charge is 0.335 e. The predicted octanol–water partition coefficient (Wildman–Crippen LogP) is 7.40. The summed E-state index contributed by atoms with van der Waals surface area (Å²) in [6.45, 7) is 4.04. The maximum Gasteiger partial charge on any atom is 0.335 e. The van der Waals surface area contributed by atoms with Crippen LogP contribution in [0.15, 0.2) is 67.3 Å². The van der Waals surface area contributed by atoms with Gasteiger partial charge in [-0.05, 0) is 119 Å². The van der Waals surface area contributed by atoms with Crippen LogP contribution in [0.4, 0.5) is 0 Å². The second kappa shape index (κ2) is 7.33. The highest BCUT2D eigenvalue weighted by Gasteiger charge is 2.52. The summed E-state index contributed by atoms with van der Waals surface area (Å²) in [6, 6.07) is 18.9. The molecule has 4 bridgehead atoms. The average Bonchev–Trinajstić information content (AvgIpc) is 2.78. The first-order chi connectivity index (χ1) is 15.5. The van der Waals surface area contributed by atoms with Gasteiger partial charge in [-0.2, -0.15) is 0 Å². The molecule has 3 aromatic rings. The Morgan fingerprint density at radius 1 is 0.875 bits per heavy atom. The molecule has 2 heteroatoms. The van der Waals surface area contributed by atoms with Gasteiger partial charge in [-0.1, -0.05) is 42.5 Å². The highest BCUT2D eigenvalue weighted by atomic mass is 16.4. The van der Waals surface area contributed by atoms with Crippen LogP contribution < -0.4 is 0 Å². The van der Waals surface area contributed by atoms with Crippen LogP contribution in [-0.4, -0.2) is 11.1 Å². The molecule has 0 amide bonds. The SMILES string of the molecule is C=CCc1ccc(-c2ccc3cc(C(=O)O)ccc3c2)cc1C12CC3CC(CC(C3)C1)C2. The minimum atomic E-state index is -0.881. The Labute approximate surface area is 190 Å². The molecular weight excluding hydrogens is 392 g/mol. The maximum atomic E-state index is 11.3. The van der Waals surface area contributed by atoms with Crippen molar-refractivity contribution in [2.45, 2.75) is 50.4 Å². The third-order valence-electron chi connectivity index (χ3n) is 8.50. The zero-order valence-electron chi connectivity index (χ0n) is 18.5. The Morgan fingerprint density at radius 2 is 1.47 bits per heavy atom. The molecule has 4 fully saturated rings. The molecule has 4 aliphatic rings. The van der Waals surface area contributed by atoms with Crippen molar-refractivity contribution in [1.82, 2.24) is 0 Å². The lowest BCUT2D eigenvalue weighted by Crippen LogP contribution is -2.48. The van der Waals surface area contributed by atoms with E-state index in [9.17, 15) is 9.90 Å². The number of hydrogen-bond donors (Lipinski definition) is 1. The largest absolute Gasteiger partial charge is 0.478 e. The molecular formula is C30H30O2. The van der Waals surface area contributed by atoms with Gasteiger partial charge in [-0.3, -0.25) is 0 Å². The molecule has 0 radical (unpaired) electrons. The summed E-state index contributed by atoms with van der Waals surface area (Å²) in [4.78, 5) is 11.3. The quantitative estimate of drug-likeness (QED) is 0.435. The monoisotopic (exact) mass is 422 g/mol. The van der Waals surface area contributed by atoms with E-state index >= 15 is 0 Å². The Bertz CT molecular complexity index is 1200. The van der Waals surface area contributed by atoms with E-state index in [0.29, 0.717) is 11.0 Å². The number of aromatic carboxylic acids is 1. The van der Waals surface area contributed by atoms with E-state index in [1.54, 1.807) is 17.7 Å². The average molecular weight is 423 g/mol. The van der Waals surface area contributed by atoms with Crippen molar-refractivity contribution in [3.8, 4) is 11.1 Å². The van der Waals surface area contributed by atoms with Crippen molar-refractivity contribution >= 4 is 16.7 Å². The van der Waals surface area contributed by atoms with Crippen molar-refractivity contribution in [3.05, 3.63) is 83.9 Å². The van der Waals surface area contributed by atoms with Gasteiger partial charge in [0.15, 0.2) is 0 Å². The fourth-order valence-electron chi connectivity index (χ4n) is 7.58. The fourth-order valence-corrected chi connectivity index (χ4v) is 7.58. The van der Waals surface area contributed by atoms with Crippen LogP contribution >= 0.6 is 0 Å². The summed E-state index contributed by atoms with van der Waals surface area (Å²) in [5.41, 5.74) is 6.21. The van der Waals surface area contributed by atoms with E-state index in [2.05, 4.69) is 49.1 Å². The summed E-state index contributed by atoms with van der Waals surface area (Å²) in [5.74, 6) is 1.88. The second-order valence-electron chi connectivity index (χ2n) is 10.6. The van der Waals surface area contributed by atoms with E-state index in [1.165, 1.54) is 55.2 Å². The van der Waals surface area contributed by atoms with Gasteiger partial charge in [-0.25, -0.2) is 4.79 Å². The number of hydrogen-bond acceptors (Lipinski definition) is 1. The number of carbonyl (C=O) groups is 1. The van der Waals surface area contributed by atoms with Gasteiger partial charge in [0.25, 0.3) is 0 Å². The summed E-state index contributed by atoms with van der Waals surface area (Å²) < 4.78 is 0. The van der Waals surface area contributed by atoms with Crippen molar-refractivity contribution in [2.24, 2.45) is 17.8 Å². The molecule has 0 aliphatic heterocycles. The Kier molecular flexibility index (Phi) is 4.54. The lowest BCUT2D eigenvalue weighted by molar-refractivity contribution is -0.00551. The molecule has 7 rings (SSSR count). The molecule has 0 saturated heterocycles. The van der Waals surface area contributed by atoms with Crippen molar-refractivity contribution < 1.29 is 9.90 Å². The molecule has 162 valence electrons. The van der Waals surface area contributed by atoms with Crippen LogP contribution in [0, 0.1) is 17.8 Å². The van der Waals surface area contributed by atoms with Gasteiger partial charge in [-0.15, -0.1) is 6.58 Å². The fraction of sp³-hybridized carbons (Fsp3) is 0.367. The van der Waals surface area contributed by atoms with Gasteiger partial charge < -0.3 is 5.11 Å². The summed E-state index contributed by atoms with van der Waals surface area (Å²) in [6.07, 6.45) is 11.4.